The van der Waals surface area contributed by atoms with Crippen LogP contribution < -0.4 is 5.32 Å². The van der Waals surface area contributed by atoms with Crippen LogP contribution >= 0.6 is 0 Å². The minimum atomic E-state index is 0.00240. The Kier molecular flexibility index (Phi) is 5.45. The summed E-state index contributed by atoms with van der Waals surface area (Å²) in [6, 6.07) is 11.7. The van der Waals surface area contributed by atoms with E-state index in [4.69, 9.17) is 0 Å². The third kappa shape index (κ3) is 3.98. The number of piperidine rings is 1. The van der Waals surface area contributed by atoms with Crippen molar-refractivity contribution in [3.8, 4) is 0 Å². The van der Waals surface area contributed by atoms with E-state index in [1.807, 2.05) is 66.6 Å². The predicted molar refractivity (Wildman–Crippen MR) is 102 cm³/mol. The highest BCUT2D eigenvalue weighted by Crippen LogP contribution is 2.16. The number of carbonyl (C=O) groups excluding carboxylic acids is 2. The number of likely N-dealkylation sites (tertiary alicyclic amines) is 1. The Bertz CT molecular complexity index is 790. The summed E-state index contributed by atoms with van der Waals surface area (Å²) in [5.74, 6) is 0.0572. The van der Waals surface area contributed by atoms with E-state index in [-0.39, 0.29) is 17.9 Å². The van der Waals surface area contributed by atoms with Crippen LogP contribution in [0.25, 0.3) is 0 Å². The van der Waals surface area contributed by atoms with Gasteiger partial charge in [-0.15, -0.1) is 0 Å². The lowest BCUT2D eigenvalue weighted by atomic mass is 10.0. The fourth-order valence-electron chi connectivity index (χ4n) is 3.63. The molecule has 0 spiro atoms. The molecule has 5 nitrogen and oxygen atoms in total. The molecule has 2 heterocycles. The van der Waals surface area contributed by atoms with Crippen molar-refractivity contribution in [3.05, 3.63) is 58.9 Å². The van der Waals surface area contributed by atoms with Crippen LogP contribution in [0.2, 0.25) is 0 Å². The highest BCUT2D eigenvalue weighted by molar-refractivity contribution is 5.95. The maximum atomic E-state index is 12.8. The molecule has 3 rings (SSSR count). The smallest absolute Gasteiger partial charge is 0.254 e. The Morgan fingerprint density at radius 2 is 1.77 bits per heavy atom. The first-order valence-electron chi connectivity index (χ1n) is 9.22. The SMILES string of the molecule is Cc1ccccc1C(=O)N1CCCC(NC(=O)Cn2c(C)ccc2C)C1. The average Bonchev–Trinajstić information content (AvgIpc) is 2.94. The van der Waals surface area contributed by atoms with Gasteiger partial charge in [-0.1, -0.05) is 18.2 Å². The zero-order valence-corrected chi connectivity index (χ0v) is 15.8. The van der Waals surface area contributed by atoms with Crippen molar-refractivity contribution >= 4 is 11.8 Å². The lowest BCUT2D eigenvalue weighted by Gasteiger charge is -2.33. The van der Waals surface area contributed by atoms with E-state index in [1.54, 1.807) is 0 Å². The summed E-state index contributed by atoms with van der Waals surface area (Å²) < 4.78 is 2.01. The summed E-state index contributed by atoms with van der Waals surface area (Å²) >= 11 is 0. The van der Waals surface area contributed by atoms with Crippen LogP contribution in [0.3, 0.4) is 0 Å². The Balaban J connectivity index is 1.61. The van der Waals surface area contributed by atoms with Gasteiger partial charge in [0.05, 0.1) is 0 Å². The van der Waals surface area contributed by atoms with Crippen LogP contribution in [-0.2, 0) is 11.3 Å². The molecule has 0 saturated carbocycles. The second-order valence-corrected chi connectivity index (χ2v) is 7.17. The molecule has 2 amide bonds. The molecule has 1 fully saturated rings. The maximum Gasteiger partial charge on any atom is 0.254 e. The fraction of sp³-hybridized carbons (Fsp3) is 0.429. The van der Waals surface area contributed by atoms with Gasteiger partial charge in [0.2, 0.25) is 5.91 Å². The molecular formula is C21H27N3O2. The normalized spacial score (nSPS) is 17.2. The highest BCUT2D eigenvalue weighted by atomic mass is 16.2. The lowest BCUT2D eigenvalue weighted by molar-refractivity contribution is -0.122. The van der Waals surface area contributed by atoms with E-state index < -0.39 is 0 Å². The van der Waals surface area contributed by atoms with Gasteiger partial charge in [-0.25, -0.2) is 0 Å². The quantitative estimate of drug-likeness (QED) is 0.919. The van der Waals surface area contributed by atoms with Gasteiger partial charge in [0.1, 0.15) is 6.54 Å². The van der Waals surface area contributed by atoms with Crippen molar-refractivity contribution < 1.29 is 9.59 Å². The Hall–Kier alpha value is -2.56. The van der Waals surface area contributed by atoms with Crippen LogP contribution in [0.1, 0.15) is 40.2 Å². The largest absolute Gasteiger partial charge is 0.350 e. The molecule has 1 aromatic carbocycles. The number of benzene rings is 1. The summed E-state index contributed by atoms with van der Waals surface area (Å²) in [6.45, 7) is 7.61. The van der Waals surface area contributed by atoms with Gasteiger partial charge >= 0.3 is 0 Å². The van der Waals surface area contributed by atoms with Crippen molar-refractivity contribution in [2.45, 2.75) is 46.2 Å². The average molecular weight is 353 g/mol. The Labute approximate surface area is 155 Å². The van der Waals surface area contributed by atoms with E-state index in [0.29, 0.717) is 13.1 Å². The Morgan fingerprint density at radius 3 is 2.46 bits per heavy atom. The molecule has 1 N–H and O–H groups in total. The number of rotatable bonds is 4. The van der Waals surface area contributed by atoms with Crippen molar-refractivity contribution in [3.63, 3.8) is 0 Å². The standard InChI is InChI=1S/C21H27N3O2/c1-15-7-4-5-9-19(15)21(26)23-12-6-8-18(13-23)22-20(25)14-24-16(2)10-11-17(24)3/h4-5,7,9-11,18H,6,8,12-14H2,1-3H3,(H,22,25). The number of nitrogens with one attached hydrogen (secondary N) is 1. The molecule has 2 aromatic rings. The number of aryl methyl sites for hydroxylation is 3. The number of hydrogen-bond donors (Lipinski definition) is 1. The van der Waals surface area contributed by atoms with E-state index in [0.717, 1.165) is 41.9 Å². The Morgan fingerprint density at radius 1 is 1.08 bits per heavy atom. The number of aromatic nitrogens is 1. The summed E-state index contributed by atoms with van der Waals surface area (Å²) in [4.78, 5) is 27.1. The number of nitrogens with zero attached hydrogens (tertiary/aromatic N) is 2. The van der Waals surface area contributed by atoms with Crippen molar-refractivity contribution in [1.82, 2.24) is 14.8 Å². The zero-order valence-electron chi connectivity index (χ0n) is 15.8. The molecule has 1 atom stereocenters. The number of hydrogen-bond acceptors (Lipinski definition) is 2. The third-order valence-corrected chi connectivity index (χ3v) is 5.17. The topological polar surface area (TPSA) is 54.3 Å². The van der Waals surface area contributed by atoms with Gasteiger partial charge in [0.15, 0.2) is 0 Å². The molecule has 1 aromatic heterocycles. The van der Waals surface area contributed by atoms with Gasteiger partial charge in [0, 0.05) is 36.1 Å². The first-order chi connectivity index (χ1) is 12.5. The van der Waals surface area contributed by atoms with Crippen molar-refractivity contribution in [1.29, 1.82) is 0 Å². The molecule has 1 saturated heterocycles. The van der Waals surface area contributed by atoms with E-state index >= 15 is 0 Å². The number of amides is 2. The fourth-order valence-corrected chi connectivity index (χ4v) is 3.63. The van der Waals surface area contributed by atoms with Crippen LogP contribution in [0, 0.1) is 20.8 Å². The summed E-state index contributed by atoms with van der Waals surface area (Å²) in [5.41, 5.74) is 3.90. The van der Waals surface area contributed by atoms with Crippen molar-refractivity contribution in [2.75, 3.05) is 13.1 Å². The van der Waals surface area contributed by atoms with E-state index in [1.165, 1.54) is 0 Å². The highest BCUT2D eigenvalue weighted by Gasteiger charge is 2.26. The van der Waals surface area contributed by atoms with Gasteiger partial charge in [-0.05, 0) is 57.4 Å². The minimum absolute atomic E-state index is 0.00240. The predicted octanol–water partition coefficient (Wildman–Crippen LogP) is 2.83. The second kappa shape index (κ2) is 7.77. The monoisotopic (exact) mass is 353 g/mol. The number of carbonyl (C=O) groups is 2. The molecule has 1 unspecified atom stereocenters. The van der Waals surface area contributed by atoms with Crippen molar-refractivity contribution in [2.24, 2.45) is 0 Å². The first kappa shape index (κ1) is 18.2. The molecule has 26 heavy (non-hydrogen) atoms. The minimum Gasteiger partial charge on any atom is -0.350 e. The zero-order chi connectivity index (χ0) is 18.7. The van der Waals surface area contributed by atoms with Crippen LogP contribution in [0.15, 0.2) is 36.4 Å². The molecule has 5 heteroatoms. The second-order valence-electron chi connectivity index (χ2n) is 7.17. The van der Waals surface area contributed by atoms with Crippen LogP contribution in [-0.4, -0.2) is 40.4 Å². The molecule has 138 valence electrons. The summed E-state index contributed by atoms with van der Waals surface area (Å²) in [7, 11) is 0. The molecule has 0 aliphatic carbocycles. The molecule has 1 aliphatic heterocycles. The summed E-state index contributed by atoms with van der Waals surface area (Å²) in [6.07, 6.45) is 1.82. The van der Waals surface area contributed by atoms with Crippen LogP contribution in [0.4, 0.5) is 0 Å². The van der Waals surface area contributed by atoms with Gasteiger partial charge in [-0.2, -0.15) is 0 Å². The summed E-state index contributed by atoms with van der Waals surface area (Å²) in [5, 5.41) is 3.11. The first-order valence-corrected chi connectivity index (χ1v) is 9.22. The van der Waals surface area contributed by atoms with E-state index in [2.05, 4.69) is 5.32 Å². The third-order valence-electron chi connectivity index (χ3n) is 5.17. The van der Waals surface area contributed by atoms with Gasteiger partial charge in [-0.3, -0.25) is 9.59 Å². The molecule has 1 aliphatic rings. The molecular weight excluding hydrogens is 326 g/mol. The van der Waals surface area contributed by atoms with Crippen LogP contribution in [0.5, 0.6) is 0 Å². The molecule has 0 bridgehead atoms. The lowest BCUT2D eigenvalue weighted by Crippen LogP contribution is -2.50. The molecule has 0 radical (unpaired) electrons. The maximum absolute atomic E-state index is 12.8. The van der Waals surface area contributed by atoms with Gasteiger partial charge < -0.3 is 14.8 Å². The van der Waals surface area contributed by atoms with Gasteiger partial charge in [0.25, 0.3) is 5.91 Å². The van der Waals surface area contributed by atoms with E-state index in [9.17, 15) is 9.59 Å².